The maximum absolute atomic E-state index is 12.8. The van der Waals surface area contributed by atoms with E-state index in [9.17, 15) is 8.42 Å². The number of sulfonamides is 1. The van der Waals surface area contributed by atoms with Crippen molar-refractivity contribution in [3.8, 4) is 17.2 Å². The Balaban J connectivity index is 1.68. The molecule has 2 aromatic rings. The van der Waals surface area contributed by atoms with E-state index < -0.39 is 10.0 Å². The van der Waals surface area contributed by atoms with Crippen LogP contribution in [-0.2, 0) is 10.0 Å². The minimum Gasteiger partial charge on any atom is -0.497 e. The second-order valence-electron chi connectivity index (χ2n) is 6.32. The fraction of sp³-hybridized carbons (Fsp3) is 0.368. The lowest BCUT2D eigenvalue weighted by molar-refractivity contribution is 0.413. The normalized spacial score (nSPS) is 18.0. The Morgan fingerprint density at radius 3 is 2.19 bits per heavy atom. The van der Waals surface area contributed by atoms with E-state index in [1.807, 2.05) is 19.2 Å². The molecule has 1 saturated heterocycles. The zero-order valence-electron chi connectivity index (χ0n) is 15.0. The van der Waals surface area contributed by atoms with Crippen molar-refractivity contribution in [1.82, 2.24) is 9.62 Å². The highest BCUT2D eigenvalue weighted by Crippen LogP contribution is 2.28. The highest BCUT2D eigenvalue weighted by Gasteiger charge is 2.32. The molecule has 0 amide bonds. The second-order valence-corrected chi connectivity index (χ2v) is 8.26. The number of methoxy groups -OCH3 is 1. The number of hydrogen-bond donors (Lipinski definition) is 1. The largest absolute Gasteiger partial charge is 0.497 e. The molecule has 1 heterocycles. The summed E-state index contributed by atoms with van der Waals surface area (Å²) in [5.41, 5.74) is 0. The summed E-state index contributed by atoms with van der Waals surface area (Å²) in [6.45, 7) is 1.96. The SMILES string of the molecule is CNCC1CCN(S(=O)(=O)c2ccc(Oc3ccc(OC)cc3)cc2)C1. The maximum Gasteiger partial charge on any atom is 0.243 e. The molecule has 6 nitrogen and oxygen atoms in total. The van der Waals surface area contributed by atoms with Crippen molar-refractivity contribution >= 4 is 10.0 Å². The number of rotatable bonds is 7. The molecule has 140 valence electrons. The Labute approximate surface area is 154 Å². The molecule has 0 spiro atoms. The predicted octanol–water partition coefficient (Wildman–Crippen LogP) is 2.72. The van der Waals surface area contributed by atoms with Crippen LogP contribution in [0.3, 0.4) is 0 Å². The van der Waals surface area contributed by atoms with Crippen molar-refractivity contribution in [2.45, 2.75) is 11.3 Å². The van der Waals surface area contributed by atoms with Gasteiger partial charge in [0.25, 0.3) is 0 Å². The van der Waals surface area contributed by atoms with Crippen molar-refractivity contribution in [3.05, 3.63) is 48.5 Å². The van der Waals surface area contributed by atoms with Gasteiger partial charge in [0.05, 0.1) is 12.0 Å². The molecular formula is C19H24N2O4S. The van der Waals surface area contributed by atoms with Gasteiger partial charge in [0.1, 0.15) is 17.2 Å². The van der Waals surface area contributed by atoms with E-state index in [1.165, 1.54) is 0 Å². The minimum atomic E-state index is -3.46. The van der Waals surface area contributed by atoms with Crippen LogP contribution in [0, 0.1) is 5.92 Å². The Hall–Kier alpha value is -2.09. The van der Waals surface area contributed by atoms with Crippen LogP contribution in [0.5, 0.6) is 17.2 Å². The van der Waals surface area contributed by atoms with E-state index in [0.29, 0.717) is 35.4 Å². The zero-order chi connectivity index (χ0) is 18.6. The van der Waals surface area contributed by atoms with Gasteiger partial charge < -0.3 is 14.8 Å². The molecule has 0 bridgehead atoms. The number of ether oxygens (including phenoxy) is 2. The van der Waals surface area contributed by atoms with Gasteiger partial charge in [-0.25, -0.2) is 8.42 Å². The molecule has 0 radical (unpaired) electrons. The minimum absolute atomic E-state index is 0.296. The van der Waals surface area contributed by atoms with Gasteiger partial charge in [-0.05, 0) is 74.5 Å². The van der Waals surface area contributed by atoms with Crippen LogP contribution >= 0.6 is 0 Å². The molecule has 1 aliphatic rings. The fourth-order valence-corrected chi connectivity index (χ4v) is 4.61. The molecule has 1 aliphatic heterocycles. The Bertz CT molecular complexity index is 820. The fourth-order valence-electron chi connectivity index (χ4n) is 3.08. The summed E-state index contributed by atoms with van der Waals surface area (Å²) < 4.78 is 38.0. The van der Waals surface area contributed by atoms with Crippen molar-refractivity contribution < 1.29 is 17.9 Å². The molecular weight excluding hydrogens is 352 g/mol. The van der Waals surface area contributed by atoms with E-state index in [4.69, 9.17) is 9.47 Å². The molecule has 7 heteroatoms. The molecule has 0 aliphatic carbocycles. The lowest BCUT2D eigenvalue weighted by atomic mass is 10.1. The van der Waals surface area contributed by atoms with Gasteiger partial charge in [0, 0.05) is 13.1 Å². The third-order valence-corrected chi connectivity index (χ3v) is 6.38. The average molecular weight is 376 g/mol. The molecule has 1 fully saturated rings. The molecule has 2 aromatic carbocycles. The molecule has 26 heavy (non-hydrogen) atoms. The van der Waals surface area contributed by atoms with Gasteiger partial charge in [0.2, 0.25) is 10.0 Å². The second kappa shape index (κ2) is 8.07. The average Bonchev–Trinajstić information content (AvgIpc) is 3.13. The van der Waals surface area contributed by atoms with E-state index in [0.717, 1.165) is 18.7 Å². The third kappa shape index (κ3) is 4.17. The van der Waals surface area contributed by atoms with Gasteiger partial charge >= 0.3 is 0 Å². The summed E-state index contributed by atoms with van der Waals surface area (Å²) in [5, 5.41) is 3.11. The van der Waals surface area contributed by atoms with Crippen molar-refractivity contribution in [2.75, 3.05) is 33.8 Å². The number of nitrogens with one attached hydrogen (secondary N) is 1. The van der Waals surface area contributed by atoms with E-state index in [1.54, 1.807) is 47.8 Å². The zero-order valence-corrected chi connectivity index (χ0v) is 15.8. The summed E-state index contributed by atoms with van der Waals surface area (Å²) in [4.78, 5) is 0.296. The number of nitrogens with zero attached hydrogens (tertiary/aromatic N) is 1. The number of hydrogen-bond acceptors (Lipinski definition) is 5. The van der Waals surface area contributed by atoms with Crippen molar-refractivity contribution in [3.63, 3.8) is 0 Å². The van der Waals surface area contributed by atoms with Crippen LogP contribution in [0.4, 0.5) is 0 Å². The lowest BCUT2D eigenvalue weighted by Crippen LogP contribution is -2.30. The van der Waals surface area contributed by atoms with E-state index >= 15 is 0 Å². The summed E-state index contributed by atoms with van der Waals surface area (Å²) in [6.07, 6.45) is 0.888. The molecule has 1 atom stereocenters. The highest BCUT2D eigenvalue weighted by atomic mass is 32.2. The molecule has 1 unspecified atom stereocenters. The van der Waals surface area contributed by atoms with Gasteiger partial charge in [-0.15, -0.1) is 0 Å². The quantitative estimate of drug-likeness (QED) is 0.805. The summed E-state index contributed by atoms with van der Waals surface area (Å²) >= 11 is 0. The topological polar surface area (TPSA) is 67.9 Å². The number of benzene rings is 2. The Kier molecular flexibility index (Phi) is 5.80. The molecule has 1 N–H and O–H groups in total. The first-order valence-electron chi connectivity index (χ1n) is 8.59. The lowest BCUT2D eigenvalue weighted by Gasteiger charge is -2.17. The first-order valence-corrected chi connectivity index (χ1v) is 10.0. The predicted molar refractivity (Wildman–Crippen MR) is 100 cm³/mol. The van der Waals surface area contributed by atoms with Crippen LogP contribution in [0.25, 0.3) is 0 Å². The van der Waals surface area contributed by atoms with Gasteiger partial charge in [-0.2, -0.15) is 4.31 Å². The van der Waals surface area contributed by atoms with Crippen LogP contribution in [0.15, 0.2) is 53.4 Å². The van der Waals surface area contributed by atoms with Gasteiger partial charge in [0.15, 0.2) is 0 Å². The van der Waals surface area contributed by atoms with Crippen LogP contribution in [-0.4, -0.2) is 46.5 Å². The van der Waals surface area contributed by atoms with Crippen LogP contribution < -0.4 is 14.8 Å². The smallest absolute Gasteiger partial charge is 0.243 e. The third-order valence-electron chi connectivity index (χ3n) is 4.50. The summed E-state index contributed by atoms with van der Waals surface area (Å²) in [7, 11) is 0.0400. The van der Waals surface area contributed by atoms with Crippen LogP contribution in [0.1, 0.15) is 6.42 Å². The molecule has 3 rings (SSSR count). The standard InChI is InChI=1S/C19H24N2O4S/c1-20-13-15-11-12-21(14-15)26(22,23)19-9-7-18(8-10-19)25-17-5-3-16(24-2)4-6-17/h3-10,15,20H,11-14H2,1-2H3. The van der Waals surface area contributed by atoms with E-state index in [2.05, 4.69) is 5.32 Å². The Morgan fingerprint density at radius 1 is 1.04 bits per heavy atom. The van der Waals surface area contributed by atoms with Crippen molar-refractivity contribution in [1.29, 1.82) is 0 Å². The maximum atomic E-state index is 12.8. The van der Waals surface area contributed by atoms with Crippen molar-refractivity contribution in [2.24, 2.45) is 5.92 Å². The highest BCUT2D eigenvalue weighted by molar-refractivity contribution is 7.89. The van der Waals surface area contributed by atoms with Gasteiger partial charge in [-0.3, -0.25) is 0 Å². The molecule has 0 aromatic heterocycles. The Morgan fingerprint density at radius 2 is 1.62 bits per heavy atom. The summed E-state index contributed by atoms with van der Waals surface area (Å²) in [5.74, 6) is 2.37. The first kappa shape index (κ1) is 18.7. The summed E-state index contributed by atoms with van der Waals surface area (Å²) in [6, 6.07) is 13.8. The first-order chi connectivity index (χ1) is 12.5. The monoisotopic (exact) mass is 376 g/mol. The van der Waals surface area contributed by atoms with Gasteiger partial charge in [-0.1, -0.05) is 0 Å². The molecule has 0 saturated carbocycles. The van der Waals surface area contributed by atoms with Crippen LogP contribution in [0.2, 0.25) is 0 Å². The van der Waals surface area contributed by atoms with E-state index in [-0.39, 0.29) is 0 Å².